The molecule has 1 aliphatic carbocycles. The van der Waals surface area contributed by atoms with Crippen molar-refractivity contribution in [2.24, 2.45) is 5.41 Å². The Morgan fingerprint density at radius 1 is 1.29 bits per heavy atom. The van der Waals surface area contributed by atoms with Gasteiger partial charge in [0.2, 0.25) is 0 Å². The Morgan fingerprint density at radius 2 is 2.10 bits per heavy atom. The van der Waals surface area contributed by atoms with Crippen LogP contribution in [0.25, 0.3) is 11.0 Å². The van der Waals surface area contributed by atoms with Gasteiger partial charge in [-0.15, -0.1) is 0 Å². The van der Waals surface area contributed by atoms with Gasteiger partial charge in [0.05, 0.1) is 0 Å². The summed E-state index contributed by atoms with van der Waals surface area (Å²) in [6.45, 7) is 5.01. The predicted molar refractivity (Wildman–Crippen MR) is 85.5 cm³/mol. The van der Waals surface area contributed by atoms with Crippen LogP contribution >= 0.6 is 0 Å². The van der Waals surface area contributed by atoms with Crippen molar-refractivity contribution in [2.75, 3.05) is 20.3 Å². The van der Waals surface area contributed by atoms with E-state index in [1.165, 1.54) is 30.2 Å². The minimum Gasteiger partial charge on any atom is -0.461 e. The van der Waals surface area contributed by atoms with Crippen LogP contribution in [0.15, 0.2) is 28.7 Å². The highest BCUT2D eigenvalue weighted by atomic mass is 16.5. The fourth-order valence-corrected chi connectivity index (χ4v) is 3.09. The summed E-state index contributed by atoms with van der Waals surface area (Å²) in [6.07, 6.45) is 4.77. The van der Waals surface area contributed by atoms with Gasteiger partial charge in [-0.3, -0.25) is 0 Å². The SMILES string of the molecule is CCc1oc2ccccc2c1CNCC1(CCOC)CC1. The summed E-state index contributed by atoms with van der Waals surface area (Å²) in [5.41, 5.74) is 2.82. The summed E-state index contributed by atoms with van der Waals surface area (Å²) in [4.78, 5) is 0. The average molecular weight is 287 g/mol. The van der Waals surface area contributed by atoms with Crippen molar-refractivity contribution in [3.8, 4) is 0 Å². The van der Waals surface area contributed by atoms with Gasteiger partial charge in [0.1, 0.15) is 11.3 Å². The van der Waals surface area contributed by atoms with Gasteiger partial charge in [0, 0.05) is 44.2 Å². The topological polar surface area (TPSA) is 34.4 Å². The third-order valence-corrected chi connectivity index (χ3v) is 4.70. The number of methoxy groups -OCH3 is 1. The molecule has 1 N–H and O–H groups in total. The van der Waals surface area contributed by atoms with Crippen LogP contribution in [0, 0.1) is 5.41 Å². The largest absolute Gasteiger partial charge is 0.461 e. The van der Waals surface area contributed by atoms with Crippen LogP contribution in [0.3, 0.4) is 0 Å². The fraction of sp³-hybridized carbons (Fsp3) is 0.556. The molecule has 1 heterocycles. The summed E-state index contributed by atoms with van der Waals surface area (Å²) in [7, 11) is 1.79. The first-order valence-corrected chi connectivity index (χ1v) is 7.97. The number of nitrogens with one attached hydrogen (secondary N) is 1. The summed E-state index contributed by atoms with van der Waals surface area (Å²) in [6, 6.07) is 8.33. The van der Waals surface area contributed by atoms with E-state index in [2.05, 4.69) is 30.4 Å². The van der Waals surface area contributed by atoms with E-state index in [-0.39, 0.29) is 0 Å². The van der Waals surface area contributed by atoms with Crippen molar-refractivity contribution in [3.63, 3.8) is 0 Å². The molecule has 0 amide bonds. The van der Waals surface area contributed by atoms with Gasteiger partial charge in [0.15, 0.2) is 0 Å². The van der Waals surface area contributed by atoms with E-state index >= 15 is 0 Å². The molecule has 3 heteroatoms. The van der Waals surface area contributed by atoms with Gasteiger partial charge in [-0.25, -0.2) is 0 Å². The van der Waals surface area contributed by atoms with Gasteiger partial charge >= 0.3 is 0 Å². The lowest BCUT2D eigenvalue weighted by Gasteiger charge is -2.15. The molecule has 3 rings (SSSR count). The Balaban J connectivity index is 1.65. The number of benzene rings is 1. The quantitative estimate of drug-likeness (QED) is 0.799. The number of ether oxygens (including phenoxy) is 1. The van der Waals surface area contributed by atoms with E-state index in [1.54, 1.807) is 7.11 Å². The molecule has 1 aliphatic rings. The third kappa shape index (κ3) is 3.14. The second-order valence-electron chi connectivity index (χ2n) is 6.20. The molecule has 1 saturated carbocycles. The summed E-state index contributed by atoms with van der Waals surface area (Å²) in [5, 5.41) is 4.90. The normalized spacial score (nSPS) is 16.5. The molecular weight excluding hydrogens is 262 g/mol. The van der Waals surface area contributed by atoms with Gasteiger partial charge < -0.3 is 14.5 Å². The molecule has 0 unspecified atom stereocenters. The summed E-state index contributed by atoms with van der Waals surface area (Å²) < 4.78 is 11.2. The Labute approximate surface area is 126 Å². The summed E-state index contributed by atoms with van der Waals surface area (Å²) in [5.74, 6) is 1.12. The van der Waals surface area contributed by atoms with Crippen LogP contribution < -0.4 is 5.32 Å². The molecule has 2 aromatic rings. The molecule has 0 atom stereocenters. The molecule has 1 aromatic carbocycles. The molecule has 0 spiro atoms. The van der Waals surface area contributed by atoms with Crippen LogP contribution in [0.1, 0.15) is 37.5 Å². The van der Waals surface area contributed by atoms with Crippen LogP contribution in [0.4, 0.5) is 0 Å². The number of fused-ring (bicyclic) bond motifs is 1. The number of para-hydroxylation sites is 1. The van der Waals surface area contributed by atoms with Gasteiger partial charge in [-0.2, -0.15) is 0 Å². The number of hydrogen-bond acceptors (Lipinski definition) is 3. The molecule has 3 nitrogen and oxygen atoms in total. The zero-order valence-corrected chi connectivity index (χ0v) is 13.1. The maximum Gasteiger partial charge on any atom is 0.134 e. The van der Waals surface area contributed by atoms with Crippen LogP contribution in [0.5, 0.6) is 0 Å². The molecular formula is C18H25NO2. The molecule has 1 aromatic heterocycles. The number of hydrogen-bond donors (Lipinski definition) is 1. The first-order valence-electron chi connectivity index (χ1n) is 7.97. The van der Waals surface area contributed by atoms with Crippen molar-refractivity contribution >= 4 is 11.0 Å². The van der Waals surface area contributed by atoms with Crippen molar-refractivity contribution in [2.45, 2.75) is 39.2 Å². The lowest BCUT2D eigenvalue weighted by atomic mass is 10.0. The molecule has 0 saturated heterocycles. The van der Waals surface area contributed by atoms with Crippen molar-refractivity contribution < 1.29 is 9.15 Å². The van der Waals surface area contributed by atoms with Gasteiger partial charge in [-0.1, -0.05) is 25.1 Å². The van der Waals surface area contributed by atoms with Crippen LogP contribution in [0.2, 0.25) is 0 Å². The molecule has 0 bridgehead atoms. The van der Waals surface area contributed by atoms with Crippen molar-refractivity contribution in [1.82, 2.24) is 5.32 Å². The second-order valence-corrected chi connectivity index (χ2v) is 6.20. The monoisotopic (exact) mass is 287 g/mol. The Morgan fingerprint density at radius 3 is 2.81 bits per heavy atom. The van der Waals surface area contributed by atoms with E-state index in [0.717, 1.165) is 37.5 Å². The van der Waals surface area contributed by atoms with E-state index in [9.17, 15) is 0 Å². The maximum absolute atomic E-state index is 5.95. The lowest BCUT2D eigenvalue weighted by molar-refractivity contribution is 0.171. The minimum atomic E-state index is 0.488. The molecule has 1 fully saturated rings. The first-order chi connectivity index (χ1) is 10.3. The lowest BCUT2D eigenvalue weighted by Crippen LogP contribution is -2.24. The van der Waals surface area contributed by atoms with E-state index < -0.39 is 0 Å². The van der Waals surface area contributed by atoms with E-state index in [1.807, 2.05) is 6.07 Å². The highest BCUT2D eigenvalue weighted by Crippen LogP contribution is 2.48. The number of furan rings is 1. The average Bonchev–Trinajstić information content (AvgIpc) is 3.19. The summed E-state index contributed by atoms with van der Waals surface area (Å²) >= 11 is 0. The van der Waals surface area contributed by atoms with Crippen molar-refractivity contribution in [3.05, 3.63) is 35.6 Å². The minimum absolute atomic E-state index is 0.488. The van der Waals surface area contributed by atoms with Crippen LogP contribution in [-0.2, 0) is 17.7 Å². The zero-order valence-electron chi connectivity index (χ0n) is 13.1. The highest BCUT2D eigenvalue weighted by molar-refractivity contribution is 5.82. The highest BCUT2D eigenvalue weighted by Gasteiger charge is 2.41. The van der Waals surface area contributed by atoms with Gasteiger partial charge in [-0.05, 0) is 30.7 Å². The number of aryl methyl sites for hydroxylation is 1. The third-order valence-electron chi connectivity index (χ3n) is 4.70. The molecule has 0 radical (unpaired) electrons. The van der Waals surface area contributed by atoms with Crippen molar-refractivity contribution in [1.29, 1.82) is 0 Å². The second kappa shape index (κ2) is 6.20. The predicted octanol–water partition coefficient (Wildman–Crippen LogP) is 3.90. The standard InChI is InChI=1S/C18H25NO2/c1-3-16-15(14-6-4-5-7-17(14)21-16)12-19-13-18(8-9-18)10-11-20-2/h4-7,19H,3,8-13H2,1-2H3. The molecule has 114 valence electrons. The fourth-order valence-electron chi connectivity index (χ4n) is 3.09. The first kappa shape index (κ1) is 14.6. The number of rotatable bonds is 8. The van der Waals surface area contributed by atoms with Gasteiger partial charge in [0.25, 0.3) is 0 Å². The zero-order chi connectivity index (χ0) is 14.7. The van der Waals surface area contributed by atoms with Crippen LogP contribution in [-0.4, -0.2) is 20.3 Å². The smallest absolute Gasteiger partial charge is 0.134 e. The Hall–Kier alpha value is -1.32. The molecule has 0 aliphatic heterocycles. The maximum atomic E-state index is 5.95. The Bertz CT molecular complexity index is 598. The van der Waals surface area contributed by atoms with E-state index in [0.29, 0.717) is 5.41 Å². The Kier molecular flexibility index (Phi) is 4.32. The van der Waals surface area contributed by atoms with E-state index in [4.69, 9.17) is 9.15 Å². The molecule has 21 heavy (non-hydrogen) atoms.